The highest BCUT2D eigenvalue weighted by molar-refractivity contribution is 6.32. The predicted molar refractivity (Wildman–Crippen MR) is 74.1 cm³/mol. The zero-order valence-corrected chi connectivity index (χ0v) is 11.7. The molecule has 1 aromatic heterocycles. The molecule has 0 spiro atoms. The lowest BCUT2D eigenvalue weighted by Crippen LogP contribution is -2.00. The van der Waals surface area contributed by atoms with Gasteiger partial charge in [-0.1, -0.05) is 30.7 Å². The summed E-state index contributed by atoms with van der Waals surface area (Å²) in [5.74, 6) is 0. The summed E-state index contributed by atoms with van der Waals surface area (Å²) in [7, 11) is 0. The SMILES string of the molecule is CCc1nn(-c2cc(C)ccc2C)c(Cl)c1[N+](=O)[O-]. The minimum absolute atomic E-state index is 0.0514. The Hall–Kier alpha value is -1.88. The van der Waals surface area contributed by atoms with E-state index in [1.165, 1.54) is 4.68 Å². The number of hydrogen-bond acceptors (Lipinski definition) is 3. The van der Waals surface area contributed by atoms with Crippen LogP contribution in [0, 0.1) is 24.0 Å². The number of benzene rings is 1. The van der Waals surface area contributed by atoms with Gasteiger partial charge in [0.2, 0.25) is 5.15 Å². The monoisotopic (exact) mass is 279 g/mol. The maximum absolute atomic E-state index is 11.1. The van der Waals surface area contributed by atoms with Crippen LogP contribution in [0.1, 0.15) is 23.7 Å². The molecule has 2 aromatic rings. The maximum atomic E-state index is 11.1. The largest absolute Gasteiger partial charge is 0.329 e. The van der Waals surface area contributed by atoms with Crippen LogP contribution in [0.2, 0.25) is 5.15 Å². The first-order valence-electron chi connectivity index (χ1n) is 5.95. The fraction of sp³-hybridized carbons (Fsp3) is 0.308. The van der Waals surface area contributed by atoms with Gasteiger partial charge in [0.25, 0.3) is 0 Å². The normalized spacial score (nSPS) is 10.7. The summed E-state index contributed by atoms with van der Waals surface area (Å²) in [5.41, 5.74) is 3.08. The van der Waals surface area contributed by atoms with E-state index >= 15 is 0 Å². The summed E-state index contributed by atoms with van der Waals surface area (Å²) in [4.78, 5) is 10.6. The van der Waals surface area contributed by atoms with Gasteiger partial charge in [0, 0.05) is 0 Å². The second kappa shape index (κ2) is 5.01. The van der Waals surface area contributed by atoms with Crippen molar-refractivity contribution < 1.29 is 4.92 Å². The van der Waals surface area contributed by atoms with Gasteiger partial charge in [-0.15, -0.1) is 0 Å². The van der Waals surface area contributed by atoms with Gasteiger partial charge in [0.1, 0.15) is 5.69 Å². The Balaban J connectivity index is 2.70. The third-order valence-electron chi connectivity index (χ3n) is 2.99. The van der Waals surface area contributed by atoms with E-state index in [1.54, 1.807) is 0 Å². The molecule has 100 valence electrons. The molecule has 0 saturated heterocycles. The van der Waals surface area contributed by atoms with Crippen molar-refractivity contribution in [1.82, 2.24) is 9.78 Å². The van der Waals surface area contributed by atoms with Gasteiger partial charge in [0.15, 0.2) is 0 Å². The average Bonchev–Trinajstić information content (AvgIpc) is 2.69. The Bertz CT molecular complexity index is 650. The maximum Gasteiger partial charge on any atom is 0.329 e. The van der Waals surface area contributed by atoms with Gasteiger partial charge < -0.3 is 0 Å². The molecule has 0 unspecified atom stereocenters. The van der Waals surface area contributed by atoms with Crippen molar-refractivity contribution >= 4 is 17.3 Å². The first kappa shape index (κ1) is 13.5. The summed E-state index contributed by atoms with van der Waals surface area (Å²) in [6.45, 7) is 5.69. The molecule has 1 aromatic carbocycles. The molecular weight excluding hydrogens is 266 g/mol. The quantitative estimate of drug-likeness (QED) is 0.637. The van der Waals surface area contributed by atoms with Gasteiger partial charge in [-0.3, -0.25) is 10.1 Å². The number of nitrogens with zero attached hydrogens (tertiary/aromatic N) is 3. The fourth-order valence-electron chi connectivity index (χ4n) is 1.96. The van der Waals surface area contributed by atoms with Crippen molar-refractivity contribution in [1.29, 1.82) is 0 Å². The summed E-state index contributed by atoms with van der Waals surface area (Å²) in [6, 6.07) is 5.84. The highest BCUT2D eigenvalue weighted by Crippen LogP contribution is 2.32. The van der Waals surface area contributed by atoms with Crippen LogP contribution in [0.15, 0.2) is 18.2 Å². The van der Waals surface area contributed by atoms with Crippen molar-refractivity contribution in [2.75, 3.05) is 0 Å². The number of hydrogen-bond donors (Lipinski definition) is 0. The van der Waals surface area contributed by atoms with Crippen LogP contribution >= 0.6 is 11.6 Å². The molecule has 6 heteroatoms. The molecule has 0 fully saturated rings. The molecule has 0 N–H and O–H groups in total. The Morgan fingerprint density at radius 1 is 1.42 bits per heavy atom. The lowest BCUT2D eigenvalue weighted by molar-refractivity contribution is -0.385. The molecule has 2 rings (SSSR count). The molecule has 0 saturated carbocycles. The van der Waals surface area contributed by atoms with E-state index < -0.39 is 4.92 Å². The lowest BCUT2D eigenvalue weighted by atomic mass is 10.1. The Morgan fingerprint density at radius 3 is 2.63 bits per heavy atom. The van der Waals surface area contributed by atoms with Crippen molar-refractivity contribution in [2.24, 2.45) is 0 Å². The molecule has 0 amide bonds. The Labute approximate surface area is 116 Å². The molecule has 5 nitrogen and oxygen atoms in total. The number of nitro groups is 1. The van der Waals surface area contributed by atoms with E-state index in [0.717, 1.165) is 16.8 Å². The van der Waals surface area contributed by atoms with Crippen LogP contribution in [0.25, 0.3) is 5.69 Å². The van der Waals surface area contributed by atoms with E-state index in [0.29, 0.717) is 12.1 Å². The van der Waals surface area contributed by atoms with E-state index in [9.17, 15) is 10.1 Å². The topological polar surface area (TPSA) is 61.0 Å². The van der Waals surface area contributed by atoms with Gasteiger partial charge in [-0.25, -0.2) is 4.68 Å². The minimum atomic E-state index is -0.476. The van der Waals surface area contributed by atoms with E-state index in [2.05, 4.69) is 5.10 Å². The van der Waals surface area contributed by atoms with Crippen LogP contribution in [0.4, 0.5) is 5.69 Å². The molecule has 1 heterocycles. The van der Waals surface area contributed by atoms with Gasteiger partial charge in [0.05, 0.1) is 10.6 Å². The van der Waals surface area contributed by atoms with Gasteiger partial charge in [-0.05, 0) is 37.5 Å². The van der Waals surface area contributed by atoms with E-state index in [4.69, 9.17) is 11.6 Å². The van der Waals surface area contributed by atoms with Crippen molar-refractivity contribution in [3.8, 4) is 5.69 Å². The Morgan fingerprint density at radius 2 is 2.11 bits per heavy atom. The molecule has 0 aliphatic heterocycles. The predicted octanol–water partition coefficient (Wildman–Crippen LogP) is 3.61. The zero-order valence-electron chi connectivity index (χ0n) is 11.0. The van der Waals surface area contributed by atoms with E-state index in [1.807, 2.05) is 39.0 Å². The summed E-state index contributed by atoms with van der Waals surface area (Å²) in [5, 5.41) is 15.4. The highest BCUT2D eigenvalue weighted by Gasteiger charge is 2.26. The van der Waals surface area contributed by atoms with Crippen molar-refractivity contribution in [3.63, 3.8) is 0 Å². The van der Waals surface area contributed by atoms with Crippen LogP contribution in [0.3, 0.4) is 0 Å². The molecular formula is C13H14ClN3O2. The van der Waals surface area contributed by atoms with Crippen molar-refractivity contribution in [3.05, 3.63) is 50.3 Å². The van der Waals surface area contributed by atoms with Crippen molar-refractivity contribution in [2.45, 2.75) is 27.2 Å². The number of halogens is 1. The average molecular weight is 280 g/mol. The Kier molecular flexibility index (Phi) is 3.57. The van der Waals surface area contributed by atoms with Crippen LogP contribution in [0.5, 0.6) is 0 Å². The molecule has 0 aliphatic rings. The summed E-state index contributed by atoms with van der Waals surface area (Å²) in [6.07, 6.45) is 0.466. The number of rotatable bonds is 3. The molecule has 0 radical (unpaired) electrons. The summed E-state index contributed by atoms with van der Waals surface area (Å²) >= 11 is 6.12. The minimum Gasteiger partial charge on any atom is -0.258 e. The summed E-state index contributed by atoms with van der Waals surface area (Å²) < 4.78 is 1.45. The standard InChI is InChI=1S/C13H14ClN3O2/c1-4-10-12(17(18)19)13(14)16(15-10)11-7-8(2)5-6-9(11)3/h5-7H,4H2,1-3H3. The van der Waals surface area contributed by atoms with Crippen LogP contribution in [-0.4, -0.2) is 14.7 Å². The van der Waals surface area contributed by atoms with Crippen LogP contribution in [-0.2, 0) is 6.42 Å². The third-order valence-corrected chi connectivity index (χ3v) is 3.32. The molecule has 0 bridgehead atoms. The van der Waals surface area contributed by atoms with Gasteiger partial charge >= 0.3 is 5.69 Å². The first-order chi connectivity index (χ1) is 8.95. The number of aryl methyl sites for hydroxylation is 3. The molecule has 0 atom stereocenters. The second-order valence-corrected chi connectivity index (χ2v) is 4.76. The smallest absolute Gasteiger partial charge is 0.258 e. The number of aromatic nitrogens is 2. The molecule has 0 aliphatic carbocycles. The first-order valence-corrected chi connectivity index (χ1v) is 6.33. The third kappa shape index (κ3) is 2.33. The van der Waals surface area contributed by atoms with Gasteiger partial charge in [-0.2, -0.15) is 5.10 Å². The fourth-order valence-corrected chi connectivity index (χ4v) is 2.26. The zero-order chi connectivity index (χ0) is 14.2. The van der Waals surface area contributed by atoms with E-state index in [-0.39, 0.29) is 10.8 Å². The lowest BCUT2D eigenvalue weighted by Gasteiger charge is -2.07. The second-order valence-electron chi connectivity index (χ2n) is 4.40. The highest BCUT2D eigenvalue weighted by atomic mass is 35.5. The van der Waals surface area contributed by atoms with Crippen LogP contribution < -0.4 is 0 Å². The molecule has 19 heavy (non-hydrogen) atoms.